The van der Waals surface area contributed by atoms with Crippen molar-refractivity contribution in [3.8, 4) is 11.5 Å². The predicted molar refractivity (Wildman–Crippen MR) is 87.7 cm³/mol. The van der Waals surface area contributed by atoms with E-state index < -0.39 is 0 Å². The number of nitrogens with one attached hydrogen (secondary N) is 1. The van der Waals surface area contributed by atoms with Crippen LogP contribution in [0.4, 0.5) is 5.69 Å². The fourth-order valence-corrected chi connectivity index (χ4v) is 2.35. The van der Waals surface area contributed by atoms with Crippen LogP contribution in [0.25, 0.3) is 0 Å². The molecule has 0 amide bonds. The van der Waals surface area contributed by atoms with Crippen molar-refractivity contribution in [3.05, 3.63) is 52.5 Å². The molecule has 0 radical (unpaired) electrons. The van der Waals surface area contributed by atoms with Crippen LogP contribution in [0.5, 0.6) is 11.5 Å². The van der Waals surface area contributed by atoms with Crippen molar-refractivity contribution in [3.63, 3.8) is 0 Å². The lowest BCUT2D eigenvalue weighted by atomic mass is 10.1. The minimum Gasteiger partial charge on any atom is -0.493 e. The Hall–Kier alpha value is -1.87. The average Bonchev–Trinajstić information content (AvgIpc) is 2.47. The van der Waals surface area contributed by atoms with Crippen LogP contribution in [0, 0.1) is 6.92 Å². The standard InChI is InChI=1S/C17H20ClNO2/c1-4-21-16-8-5-13(10-17(16)20-3)11-19-15-7-6-14(18)9-12(15)2/h5-10,19H,4,11H2,1-3H3. The Bertz CT molecular complexity index is 614. The van der Waals surface area contributed by atoms with Crippen LogP contribution in [0.1, 0.15) is 18.1 Å². The molecule has 112 valence electrons. The molecule has 2 aromatic carbocycles. The molecule has 0 saturated heterocycles. The summed E-state index contributed by atoms with van der Waals surface area (Å²) in [5.41, 5.74) is 3.33. The maximum atomic E-state index is 5.96. The van der Waals surface area contributed by atoms with E-state index in [2.05, 4.69) is 5.32 Å². The molecule has 0 saturated carbocycles. The molecule has 0 aliphatic carbocycles. The van der Waals surface area contributed by atoms with Gasteiger partial charge in [-0.3, -0.25) is 0 Å². The second-order valence-corrected chi connectivity index (χ2v) is 5.17. The van der Waals surface area contributed by atoms with Crippen molar-refractivity contribution >= 4 is 17.3 Å². The summed E-state index contributed by atoms with van der Waals surface area (Å²) in [6.07, 6.45) is 0. The third kappa shape index (κ3) is 4.05. The first-order valence-corrected chi connectivity index (χ1v) is 7.31. The third-order valence-electron chi connectivity index (χ3n) is 3.20. The minimum atomic E-state index is 0.623. The highest BCUT2D eigenvalue weighted by atomic mass is 35.5. The molecular formula is C17H20ClNO2. The topological polar surface area (TPSA) is 30.5 Å². The molecule has 0 heterocycles. The summed E-state index contributed by atoms with van der Waals surface area (Å²) < 4.78 is 10.9. The van der Waals surface area contributed by atoms with Crippen LogP contribution < -0.4 is 14.8 Å². The largest absolute Gasteiger partial charge is 0.493 e. The van der Waals surface area contributed by atoms with Gasteiger partial charge in [-0.2, -0.15) is 0 Å². The fraction of sp³-hybridized carbons (Fsp3) is 0.294. The molecule has 0 unspecified atom stereocenters. The van der Waals surface area contributed by atoms with E-state index in [4.69, 9.17) is 21.1 Å². The average molecular weight is 306 g/mol. The van der Waals surface area contributed by atoms with Gasteiger partial charge in [0.15, 0.2) is 11.5 Å². The molecule has 2 rings (SSSR count). The minimum absolute atomic E-state index is 0.623. The number of ether oxygens (including phenoxy) is 2. The molecule has 0 fully saturated rings. The molecule has 0 bridgehead atoms. The molecule has 3 nitrogen and oxygen atoms in total. The number of halogens is 1. The lowest BCUT2D eigenvalue weighted by Gasteiger charge is -2.13. The molecule has 4 heteroatoms. The Morgan fingerprint density at radius 3 is 2.57 bits per heavy atom. The normalized spacial score (nSPS) is 10.3. The van der Waals surface area contributed by atoms with Crippen LogP contribution in [-0.4, -0.2) is 13.7 Å². The van der Waals surface area contributed by atoms with Crippen molar-refractivity contribution in [1.82, 2.24) is 0 Å². The zero-order chi connectivity index (χ0) is 15.2. The second kappa shape index (κ2) is 7.23. The van der Waals surface area contributed by atoms with Crippen molar-refractivity contribution in [2.24, 2.45) is 0 Å². The SMILES string of the molecule is CCOc1ccc(CNc2ccc(Cl)cc2C)cc1OC. The van der Waals surface area contributed by atoms with Gasteiger partial charge in [-0.05, 0) is 55.3 Å². The van der Waals surface area contributed by atoms with E-state index in [1.165, 1.54) is 0 Å². The Kier molecular flexibility index (Phi) is 5.34. The van der Waals surface area contributed by atoms with Gasteiger partial charge in [0.05, 0.1) is 13.7 Å². The summed E-state index contributed by atoms with van der Waals surface area (Å²) in [6, 6.07) is 11.8. The van der Waals surface area contributed by atoms with Crippen molar-refractivity contribution in [2.75, 3.05) is 19.0 Å². The van der Waals surface area contributed by atoms with Gasteiger partial charge in [-0.25, -0.2) is 0 Å². The van der Waals surface area contributed by atoms with Gasteiger partial charge < -0.3 is 14.8 Å². The highest BCUT2D eigenvalue weighted by molar-refractivity contribution is 6.30. The summed E-state index contributed by atoms with van der Waals surface area (Å²) in [6.45, 7) is 5.33. The van der Waals surface area contributed by atoms with Crippen molar-refractivity contribution in [2.45, 2.75) is 20.4 Å². The van der Waals surface area contributed by atoms with E-state index in [9.17, 15) is 0 Å². The maximum Gasteiger partial charge on any atom is 0.161 e. The lowest BCUT2D eigenvalue weighted by Crippen LogP contribution is -2.02. The number of anilines is 1. The number of hydrogen-bond donors (Lipinski definition) is 1. The highest BCUT2D eigenvalue weighted by Gasteiger charge is 2.06. The number of aryl methyl sites for hydroxylation is 1. The number of benzene rings is 2. The number of rotatable bonds is 6. The second-order valence-electron chi connectivity index (χ2n) is 4.73. The quantitative estimate of drug-likeness (QED) is 0.841. The highest BCUT2D eigenvalue weighted by Crippen LogP contribution is 2.28. The molecular weight excluding hydrogens is 286 g/mol. The van der Waals surface area contributed by atoms with Gasteiger partial charge in [-0.15, -0.1) is 0 Å². The van der Waals surface area contributed by atoms with E-state index in [0.29, 0.717) is 13.2 Å². The lowest BCUT2D eigenvalue weighted by molar-refractivity contribution is 0.310. The van der Waals surface area contributed by atoms with Crippen LogP contribution in [0.15, 0.2) is 36.4 Å². The van der Waals surface area contributed by atoms with E-state index >= 15 is 0 Å². The van der Waals surface area contributed by atoms with E-state index in [0.717, 1.165) is 33.3 Å². The third-order valence-corrected chi connectivity index (χ3v) is 3.43. The first-order valence-electron chi connectivity index (χ1n) is 6.93. The number of methoxy groups -OCH3 is 1. The maximum absolute atomic E-state index is 5.96. The summed E-state index contributed by atoms with van der Waals surface area (Å²) >= 11 is 5.96. The van der Waals surface area contributed by atoms with Crippen LogP contribution in [0.3, 0.4) is 0 Å². The molecule has 0 atom stereocenters. The zero-order valence-electron chi connectivity index (χ0n) is 12.6. The van der Waals surface area contributed by atoms with Crippen LogP contribution >= 0.6 is 11.6 Å². The summed E-state index contributed by atoms with van der Waals surface area (Å²) in [5, 5.41) is 4.15. The summed E-state index contributed by atoms with van der Waals surface area (Å²) in [4.78, 5) is 0. The Balaban J connectivity index is 2.09. The van der Waals surface area contributed by atoms with E-state index in [1.54, 1.807) is 7.11 Å². The summed E-state index contributed by atoms with van der Waals surface area (Å²) in [7, 11) is 1.65. The molecule has 2 aromatic rings. The van der Waals surface area contributed by atoms with Gasteiger partial charge in [0.25, 0.3) is 0 Å². The predicted octanol–water partition coefficient (Wildman–Crippen LogP) is 4.67. The molecule has 0 aliphatic rings. The molecule has 0 aliphatic heterocycles. The Morgan fingerprint density at radius 1 is 1.10 bits per heavy atom. The van der Waals surface area contributed by atoms with Gasteiger partial charge in [0.1, 0.15) is 0 Å². The molecule has 1 N–H and O–H groups in total. The van der Waals surface area contributed by atoms with Gasteiger partial charge >= 0.3 is 0 Å². The van der Waals surface area contributed by atoms with E-state index in [1.807, 2.05) is 50.2 Å². The monoisotopic (exact) mass is 305 g/mol. The Morgan fingerprint density at radius 2 is 1.90 bits per heavy atom. The van der Waals surface area contributed by atoms with Gasteiger partial charge in [0, 0.05) is 17.3 Å². The van der Waals surface area contributed by atoms with E-state index in [-0.39, 0.29) is 0 Å². The first kappa shape index (κ1) is 15.5. The van der Waals surface area contributed by atoms with Crippen LogP contribution in [0.2, 0.25) is 5.02 Å². The van der Waals surface area contributed by atoms with Crippen molar-refractivity contribution < 1.29 is 9.47 Å². The zero-order valence-corrected chi connectivity index (χ0v) is 13.3. The smallest absolute Gasteiger partial charge is 0.161 e. The summed E-state index contributed by atoms with van der Waals surface area (Å²) in [5.74, 6) is 1.52. The van der Waals surface area contributed by atoms with Gasteiger partial charge in [0.2, 0.25) is 0 Å². The fourth-order valence-electron chi connectivity index (χ4n) is 2.12. The van der Waals surface area contributed by atoms with Gasteiger partial charge in [-0.1, -0.05) is 17.7 Å². The molecule has 0 aromatic heterocycles. The first-order chi connectivity index (χ1) is 10.1. The number of hydrogen-bond acceptors (Lipinski definition) is 3. The Labute approximate surface area is 130 Å². The molecule has 0 spiro atoms. The van der Waals surface area contributed by atoms with Crippen LogP contribution in [-0.2, 0) is 6.54 Å². The van der Waals surface area contributed by atoms with Crippen molar-refractivity contribution in [1.29, 1.82) is 0 Å². The molecule has 21 heavy (non-hydrogen) atoms.